The Bertz CT molecular complexity index is 786. The molecule has 8 heteroatoms. The summed E-state index contributed by atoms with van der Waals surface area (Å²) < 4.78 is 1.02. The van der Waals surface area contributed by atoms with Gasteiger partial charge in [0.25, 0.3) is 5.56 Å². The van der Waals surface area contributed by atoms with Crippen LogP contribution >= 0.6 is 0 Å². The Hall–Kier alpha value is -2.77. The molecule has 0 unspecified atom stereocenters. The lowest BCUT2D eigenvalue weighted by Crippen LogP contribution is -2.45. The lowest BCUT2D eigenvalue weighted by Gasteiger charge is -2.18. The van der Waals surface area contributed by atoms with Gasteiger partial charge in [-0.2, -0.15) is 4.68 Å². The minimum absolute atomic E-state index is 0.352. The molecular formula is C15H18N4O4. The summed E-state index contributed by atoms with van der Waals surface area (Å²) >= 11 is 0. The van der Waals surface area contributed by atoms with E-state index >= 15 is 0 Å². The SMILES string of the molecule is CCC[C@H](C(=O)N[C@@H](C)C(=O)O)n1nnc2ccccc2c1=O. The second-order valence-electron chi connectivity index (χ2n) is 5.23. The summed E-state index contributed by atoms with van der Waals surface area (Å²) in [5.74, 6) is -1.71. The van der Waals surface area contributed by atoms with E-state index in [0.717, 1.165) is 4.68 Å². The van der Waals surface area contributed by atoms with Gasteiger partial charge in [0.05, 0.1) is 5.39 Å². The summed E-state index contributed by atoms with van der Waals surface area (Å²) in [6, 6.07) is 4.78. The number of carboxylic acids is 1. The monoisotopic (exact) mass is 318 g/mol. The van der Waals surface area contributed by atoms with E-state index in [1.165, 1.54) is 6.92 Å². The quantitative estimate of drug-likeness (QED) is 0.811. The van der Waals surface area contributed by atoms with E-state index in [4.69, 9.17) is 5.11 Å². The maximum Gasteiger partial charge on any atom is 0.325 e. The molecule has 2 atom stereocenters. The predicted molar refractivity (Wildman–Crippen MR) is 83.0 cm³/mol. The van der Waals surface area contributed by atoms with Crippen molar-refractivity contribution in [1.82, 2.24) is 20.3 Å². The van der Waals surface area contributed by atoms with E-state index in [-0.39, 0.29) is 0 Å². The Morgan fingerprint density at radius 1 is 1.35 bits per heavy atom. The molecule has 0 aliphatic rings. The minimum atomic E-state index is -1.15. The lowest BCUT2D eigenvalue weighted by molar-refractivity contribution is -0.141. The maximum absolute atomic E-state index is 12.5. The van der Waals surface area contributed by atoms with Crippen molar-refractivity contribution in [2.45, 2.75) is 38.8 Å². The average Bonchev–Trinajstić information content (AvgIpc) is 2.53. The first-order valence-electron chi connectivity index (χ1n) is 7.33. The molecule has 2 aromatic rings. The molecule has 1 aromatic carbocycles. The Morgan fingerprint density at radius 3 is 2.70 bits per heavy atom. The van der Waals surface area contributed by atoms with Gasteiger partial charge in [0.2, 0.25) is 5.91 Å². The standard InChI is InChI=1S/C15H18N4O4/c1-3-6-12(13(20)16-9(2)15(22)23)19-14(21)10-7-4-5-8-11(10)17-18-19/h4-5,7-9,12H,3,6H2,1-2H3,(H,16,20)(H,22,23)/t9-,12+/m0/s1. The van der Waals surface area contributed by atoms with Gasteiger partial charge in [-0.1, -0.05) is 30.7 Å². The number of carboxylic acid groups (broad SMARTS) is 1. The van der Waals surface area contributed by atoms with Gasteiger partial charge in [0.15, 0.2) is 0 Å². The highest BCUT2D eigenvalue weighted by Gasteiger charge is 2.26. The number of aliphatic carboxylic acids is 1. The molecule has 1 heterocycles. The van der Waals surface area contributed by atoms with Gasteiger partial charge in [0, 0.05) is 0 Å². The molecule has 0 bridgehead atoms. The maximum atomic E-state index is 12.5. The highest BCUT2D eigenvalue weighted by atomic mass is 16.4. The number of hydrogen-bond donors (Lipinski definition) is 2. The van der Waals surface area contributed by atoms with Crippen molar-refractivity contribution in [1.29, 1.82) is 0 Å². The zero-order valence-electron chi connectivity index (χ0n) is 12.9. The van der Waals surface area contributed by atoms with E-state index in [1.54, 1.807) is 24.3 Å². The summed E-state index contributed by atoms with van der Waals surface area (Å²) in [7, 11) is 0. The van der Waals surface area contributed by atoms with Crippen LogP contribution in [0, 0.1) is 0 Å². The first-order chi connectivity index (χ1) is 11.0. The van der Waals surface area contributed by atoms with Gasteiger partial charge in [0.1, 0.15) is 17.6 Å². The Balaban J connectivity index is 2.41. The molecule has 2 N–H and O–H groups in total. The Kier molecular flexibility index (Phi) is 5.05. The fraction of sp³-hybridized carbons (Fsp3) is 0.400. The third kappa shape index (κ3) is 3.53. The number of carbonyl (C=O) groups is 2. The van der Waals surface area contributed by atoms with Gasteiger partial charge in [-0.15, -0.1) is 5.10 Å². The first kappa shape index (κ1) is 16.6. The molecule has 0 aliphatic heterocycles. The van der Waals surface area contributed by atoms with Crippen molar-refractivity contribution >= 4 is 22.8 Å². The fourth-order valence-corrected chi connectivity index (χ4v) is 2.22. The second-order valence-corrected chi connectivity index (χ2v) is 5.23. The van der Waals surface area contributed by atoms with Gasteiger partial charge >= 0.3 is 5.97 Å². The molecule has 0 saturated heterocycles. The van der Waals surface area contributed by atoms with E-state index in [2.05, 4.69) is 15.6 Å². The number of fused-ring (bicyclic) bond motifs is 1. The largest absolute Gasteiger partial charge is 0.480 e. The Labute approximate surface area is 132 Å². The van der Waals surface area contributed by atoms with E-state index in [0.29, 0.717) is 23.7 Å². The zero-order valence-corrected chi connectivity index (χ0v) is 12.9. The van der Waals surface area contributed by atoms with E-state index in [1.807, 2.05) is 6.92 Å². The third-order valence-corrected chi connectivity index (χ3v) is 3.48. The number of rotatable bonds is 6. The van der Waals surface area contributed by atoms with Crippen molar-refractivity contribution in [3.05, 3.63) is 34.6 Å². The predicted octanol–water partition coefficient (Wildman–Crippen LogP) is 0.722. The molecule has 23 heavy (non-hydrogen) atoms. The van der Waals surface area contributed by atoms with Crippen molar-refractivity contribution in [3.8, 4) is 0 Å². The smallest absolute Gasteiger partial charge is 0.325 e. The molecule has 0 fully saturated rings. The topological polar surface area (TPSA) is 114 Å². The molecule has 0 radical (unpaired) electrons. The second kappa shape index (κ2) is 6.99. The van der Waals surface area contributed by atoms with Crippen LogP contribution in [0.5, 0.6) is 0 Å². The molecule has 1 amide bonds. The zero-order chi connectivity index (χ0) is 17.0. The van der Waals surface area contributed by atoms with Crippen molar-refractivity contribution in [3.63, 3.8) is 0 Å². The highest BCUT2D eigenvalue weighted by Crippen LogP contribution is 2.13. The van der Waals surface area contributed by atoms with E-state index < -0.39 is 29.5 Å². The van der Waals surface area contributed by atoms with Gasteiger partial charge in [-0.05, 0) is 25.5 Å². The summed E-state index contributed by atoms with van der Waals surface area (Å²) in [5.41, 5.74) is 0.0236. The molecule has 122 valence electrons. The van der Waals surface area contributed by atoms with Gasteiger partial charge in [-0.3, -0.25) is 14.4 Å². The molecule has 0 saturated carbocycles. The summed E-state index contributed by atoms with van der Waals surface area (Å²) in [6.45, 7) is 3.22. The summed E-state index contributed by atoms with van der Waals surface area (Å²) in [6.07, 6.45) is 0.978. The molecule has 2 rings (SSSR count). The normalized spacial score (nSPS) is 13.5. The fourth-order valence-electron chi connectivity index (χ4n) is 2.22. The lowest BCUT2D eigenvalue weighted by atomic mass is 10.1. The molecule has 8 nitrogen and oxygen atoms in total. The number of hydrogen-bond acceptors (Lipinski definition) is 5. The molecular weight excluding hydrogens is 300 g/mol. The van der Waals surface area contributed by atoms with Crippen LogP contribution in [0.2, 0.25) is 0 Å². The van der Waals surface area contributed by atoms with Gasteiger partial charge in [-0.25, -0.2) is 0 Å². The van der Waals surface area contributed by atoms with Crippen LogP contribution in [0.4, 0.5) is 0 Å². The van der Waals surface area contributed by atoms with E-state index in [9.17, 15) is 14.4 Å². The van der Waals surface area contributed by atoms with Crippen LogP contribution < -0.4 is 10.9 Å². The number of nitrogens with one attached hydrogen (secondary N) is 1. The first-order valence-corrected chi connectivity index (χ1v) is 7.33. The van der Waals surface area contributed by atoms with Crippen LogP contribution in [0.25, 0.3) is 10.9 Å². The molecule has 0 aliphatic carbocycles. The molecule has 0 spiro atoms. The van der Waals surface area contributed by atoms with Crippen molar-refractivity contribution < 1.29 is 14.7 Å². The number of carbonyl (C=O) groups excluding carboxylic acids is 1. The van der Waals surface area contributed by atoms with Crippen LogP contribution in [-0.4, -0.2) is 38.0 Å². The van der Waals surface area contributed by atoms with Crippen LogP contribution in [0.3, 0.4) is 0 Å². The van der Waals surface area contributed by atoms with Crippen LogP contribution in [0.1, 0.15) is 32.7 Å². The summed E-state index contributed by atoms with van der Waals surface area (Å²) in [5, 5.41) is 19.4. The minimum Gasteiger partial charge on any atom is -0.480 e. The average molecular weight is 318 g/mol. The van der Waals surface area contributed by atoms with Crippen LogP contribution in [0.15, 0.2) is 29.1 Å². The highest BCUT2D eigenvalue weighted by molar-refractivity contribution is 5.86. The number of amides is 1. The Morgan fingerprint density at radius 2 is 2.04 bits per heavy atom. The van der Waals surface area contributed by atoms with Gasteiger partial charge < -0.3 is 10.4 Å². The number of nitrogens with zero attached hydrogens (tertiary/aromatic N) is 3. The van der Waals surface area contributed by atoms with Crippen molar-refractivity contribution in [2.75, 3.05) is 0 Å². The van der Waals surface area contributed by atoms with Crippen LogP contribution in [-0.2, 0) is 9.59 Å². The number of benzene rings is 1. The van der Waals surface area contributed by atoms with Crippen molar-refractivity contribution in [2.24, 2.45) is 0 Å². The third-order valence-electron chi connectivity index (χ3n) is 3.48. The number of aromatic nitrogens is 3. The molecule has 1 aromatic heterocycles. The summed E-state index contributed by atoms with van der Waals surface area (Å²) in [4.78, 5) is 35.8.